The van der Waals surface area contributed by atoms with Crippen molar-refractivity contribution in [2.75, 3.05) is 5.75 Å². The lowest BCUT2D eigenvalue weighted by Crippen LogP contribution is -2.19. The predicted octanol–water partition coefficient (Wildman–Crippen LogP) is 3.45. The van der Waals surface area contributed by atoms with Crippen molar-refractivity contribution in [3.63, 3.8) is 0 Å². The summed E-state index contributed by atoms with van der Waals surface area (Å²) < 4.78 is 1.87. The molecular weight excluding hydrogens is 360 g/mol. The van der Waals surface area contributed by atoms with Crippen LogP contribution in [-0.4, -0.2) is 27.8 Å². The second-order valence-electron chi connectivity index (χ2n) is 4.85. The molecule has 0 aliphatic heterocycles. The Hall–Kier alpha value is -2.78. The standard InChI is InChI=1S/C16H12N4O3S2/c21-15(10-24-16-18-12-6-2-4-8-14(12)25-16)19-17-9-11-5-1-3-7-13(11)20(22)23/h1-9H,10H2,(H,19,21)/b17-9-. The average Bonchev–Trinajstić information content (AvgIpc) is 3.03. The van der Waals surface area contributed by atoms with Crippen molar-refractivity contribution in [2.45, 2.75) is 4.34 Å². The highest BCUT2D eigenvalue weighted by atomic mass is 32.2. The number of hydrazone groups is 1. The van der Waals surface area contributed by atoms with Crippen LogP contribution in [0.4, 0.5) is 5.69 Å². The van der Waals surface area contributed by atoms with Crippen LogP contribution >= 0.6 is 23.1 Å². The highest BCUT2D eigenvalue weighted by Crippen LogP contribution is 2.28. The van der Waals surface area contributed by atoms with Crippen molar-refractivity contribution in [3.8, 4) is 0 Å². The molecule has 0 saturated carbocycles. The van der Waals surface area contributed by atoms with E-state index in [2.05, 4.69) is 15.5 Å². The first-order valence-corrected chi connectivity index (χ1v) is 8.97. The Labute approximate surface area is 150 Å². The third-order valence-corrected chi connectivity index (χ3v) is 5.31. The molecule has 25 heavy (non-hydrogen) atoms. The van der Waals surface area contributed by atoms with Crippen LogP contribution in [0.3, 0.4) is 0 Å². The first-order valence-electron chi connectivity index (χ1n) is 7.17. The van der Waals surface area contributed by atoms with E-state index < -0.39 is 4.92 Å². The van der Waals surface area contributed by atoms with E-state index in [9.17, 15) is 14.9 Å². The van der Waals surface area contributed by atoms with E-state index in [1.54, 1.807) is 18.2 Å². The number of thiazole rings is 1. The molecule has 9 heteroatoms. The summed E-state index contributed by atoms with van der Waals surface area (Å²) in [6.07, 6.45) is 1.26. The number of hydrogen-bond donors (Lipinski definition) is 1. The van der Waals surface area contributed by atoms with E-state index in [-0.39, 0.29) is 17.3 Å². The van der Waals surface area contributed by atoms with E-state index in [1.165, 1.54) is 35.4 Å². The van der Waals surface area contributed by atoms with Crippen molar-refractivity contribution in [1.82, 2.24) is 10.4 Å². The lowest BCUT2D eigenvalue weighted by atomic mass is 10.2. The maximum atomic E-state index is 11.8. The summed E-state index contributed by atoms with van der Waals surface area (Å²) in [4.78, 5) is 26.7. The Morgan fingerprint density at radius 3 is 2.84 bits per heavy atom. The lowest BCUT2D eigenvalue weighted by molar-refractivity contribution is -0.385. The minimum absolute atomic E-state index is 0.0654. The summed E-state index contributed by atoms with van der Waals surface area (Å²) in [6, 6.07) is 13.9. The van der Waals surface area contributed by atoms with Gasteiger partial charge in [0.15, 0.2) is 4.34 Å². The van der Waals surface area contributed by atoms with Crippen LogP contribution in [0.15, 0.2) is 58.0 Å². The number of carbonyl (C=O) groups is 1. The van der Waals surface area contributed by atoms with Crippen LogP contribution in [0, 0.1) is 10.1 Å². The molecule has 0 unspecified atom stereocenters. The van der Waals surface area contributed by atoms with Gasteiger partial charge in [-0.25, -0.2) is 10.4 Å². The molecule has 2 aromatic carbocycles. The number of amides is 1. The third-order valence-electron chi connectivity index (χ3n) is 3.13. The van der Waals surface area contributed by atoms with E-state index in [4.69, 9.17) is 0 Å². The summed E-state index contributed by atoms with van der Waals surface area (Å²) in [5.74, 6) is -0.146. The van der Waals surface area contributed by atoms with Gasteiger partial charge in [0.2, 0.25) is 0 Å². The van der Waals surface area contributed by atoms with E-state index in [0.29, 0.717) is 5.56 Å². The van der Waals surface area contributed by atoms with Gasteiger partial charge >= 0.3 is 0 Å². The molecule has 0 saturated heterocycles. The molecular formula is C16H12N4O3S2. The molecule has 0 bridgehead atoms. The summed E-state index contributed by atoms with van der Waals surface area (Å²) >= 11 is 2.85. The average molecular weight is 372 g/mol. The number of nitrogens with zero attached hydrogens (tertiary/aromatic N) is 3. The molecule has 126 valence electrons. The second-order valence-corrected chi connectivity index (χ2v) is 7.10. The Balaban J connectivity index is 1.55. The Bertz CT molecular complexity index is 922. The molecule has 7 nitrogen and oxygen atoms in total. The van der Waals surface area contributed by atoms with Crippen LogP contribution in [0.25, 0.3) is 10.2 Å². The molecule has 3 rings (SSSR count). The van der Waals surface area contributed by atoms with Gasteiger partial charge in [-0.05, 0) is 18.2 Å². The Kier molecular flexibility index (Phi) is 5.36. The molecule has 0 atom stereocenters. The quantitative estimate of drug-likeness (QED) is 0.309. The number of benzene rings is 2. The maximum Gasteiger partial charge on any atom is 0.278 e. The van der Waals surface area contributed by atoms with Crippen LogP contribution in [0.1, 0.15) is 5.56 Å². The second kappa shape index (κ2) is 7.86. The van der Waals surface area contributed by atoms with Gasteiger partial charge in [0.05, 0.1) is 32.7 Å². The van der Waals surface area contributed by atoms with Crippen molar-refractivity contribution in [3.05, 3.63) is 64.2 Å². The highest BCUT2D eigenvalue weighted by Gasteiger charge is 2.10. The third kappa shape index (κ3) is 4.40. The van der Waals surface area contributed by atoms with Crippen LogP contribution in [0.2, 0.25) is 0 Å². The molecule has 1 amide bonds. The largest absolute Gasteiger partial charge is 0.278 e. The fourth-order valence-corrected chi connectivity index (χ4v) is 3.87. The Morgan fingerprint density at radius 2 is 2.04 bits per heavy atom. The molecule has 0 spiro atoms. The van der Waals surface area contributed by atoms with Crippen molar-refractivity contribution in [2.24, 2.45) is 5.10 Å². The first kappa shape index (κ1) is 17.1. The molecule has 1 aromatic heterocycles. The molecule has 0 fully saturated rings. The van der Waals surface area contributed by atoms with Crippen molar-refractivity contribution in [1.29, 1.82) is 0 Å². The highest BCUT2D eigenvalue weighted by molar-refractivity contribution is 8.01. The number of aromatic nitrogens is 1. The lowest BCUT2D eigenvalue weighted by Gasteiger charge is -1.98. The van der Waals surface area contributed by atoms with Gasteiger partial charge < -0.3 is 0 Å². The molecule has 0 aliphatic carbocycles. The number of nitro groups is 1. The number of carbonyl (C=O) groups excluding carboxylic acids is 1. The van der Waals surface area contributed by atoms with Crippen molar-refractivity contribution < 1.29 is 9.72 Å². The van der Waals surface area contributed by atoms with Crippen LogP contribution < -0.4 is 5.43 Å². The minimum Gasteiger partial charge on any atom is -0.272 e. The fraction of sp³-hybridized carbons (Fsp3) is 0.0625. The zero-order chi connectivity index (χ0) is 17.6. The van der Waals surface area contributed by atoms with Gasteiger partial charge in [0.25, 0.3) is 11.6 Å². The number of thioether (sulfide) groups is 1. The molecule has 0 aliphatic rings. The van der Waals surface area contributed by atoms with Gasteiger partial charge in [-0.1, -0.05) is 36.0 Å². The number of nitro benzene ring substituents is 1. The van der Waals surface area contributed by atoms with Gasteiger partial charge in [-0.3, -0.25) is 14.9 Å². The van der Waals surface area contributed by atoms with Gasteiger partial charge in [-0.15, -0.1) is 11.3 Å². The van der Waals surface area contributed by atoms with Gasteiger partial charge in [0.1, 0.15) is 0 Å². The summed E-state index contributed by atoms with van der Waals surface area (Å²) in [6.45, 7) is 0. The predicted molar refractivity (Wildman–Crippen MR) is 99.2 cm³/mol. The smallest absolute Gasteiger partial charge is 0.272 e. The Morgan fingerprint density at radius 1 is 1.28 bits per heavy atom. The monoisotopic (exact) mass is 372 g/mol. The number of fused-ring (bicyclic) bond motifs is 1. The zero-order valence-electron chi connectivity index (χ0n) is 12.8. The number of nitrogens with one attached hydrogen (secondary N) is 1. The molecule has 3 aromatic rings. The van der Waals surface area contributed by atoms with Gasteiger partial charge in [-0.2, -0.15) is 5.10 Å². The number of hydrogen-bond acceptors (Lipinski definition) is 7. The van der Waals surface area contributed by atoms with Crippen molar-refractivity contribution >= 4 is 51.1 Å². The topological polar surface area (TPSA) is 97.5 Å². The first-order chi connectivity index (χ1) is 12.1. The number of rotatable bonds is 6. The molecule has 0 radical (unpaired) electrons. The van der Waals surface area contributed by atoms with E-state index in [0.717, 1.165) is 14.6 Å². The van der Waals surface area contributed by atoms with E-state index in [1.807, 2.05) is 24.3 Å². The fourth-order valence-electron chi connectivity index (χ4n) is 2.01. The summed E-state index contributed by atoms with van der Waals surface area (Å²) in [7, 11) is 0. The number of para-hydroxylation sites is 2. The SMILES string of the molecule is O=C(CSc1nc2ccccc2s1)N/N=C\c1ccccc1[N+](=O)[O-]. The summed E-state index contributed by atoms with van der Waals surface area (Å²) in [5, 5.41) is 14.7. The normalized spacial score (nSPS) is 11.0. The maximum absolute atomic E-state index is 11.8. The zero-order valence-corrected chi connectivity index (χ0v) is 14.4. The van der Waals surface area contributed by atoms with Crippen LogP contribution in [-0.2, 0) is 4.79 Å². The molecule has 1 N–H and O–H groups in total. The van der Waals surface area contributed by atoms with Crippen LogP contribution in [0.5, 0.6) is 0 Å². The van der Waals surface area contributed by atoms with Gasteiger partial charge in [0, 0.05) is 6.07 Å². The van der Waals surface area contributed by atoms with E-state index >= 15 is 0 Å². The summed E-state index contributed by atoms with van der Waals surface area (Å²) in [5.41, 5.74) is 3.53. The minimum atomic E-state index is -0.494. The molecule has 1 heterocycles.